The summed E-state index contributed by atoms with van der Waals surface area (Å²) in [5, 5.41) is 4.10. The third kappa shape index (κ3) is 4.36. The smallest absolute Gasteiger partial charge is 0.126 e. The van der Waals surface area contributed by atoms with Gasteiger partial charge in [0, 0.05) is 19.6 Å². The average Bonchev–Trinajstić information content (AvgIpc) is 2.40. The van der Waals surface area contributed by atoms with E-state index in [1.165, 1.54) is 12.8 Å². The lowest BCUT2D eigenvalue weighted by atomic mass is 10.0. The quantitative estimate of drug-likeness (QED) is 0.890. The van der Waals surface area contributed by atoms with E-state index >= 15 is 0 Å². The minimum absolute atomic E-state index is 0.778. The second-order valence-electron chi connectivity index (χ2n) is 5.53. The minimum atomic E-state index is 0.778. The first-order valence-corrected chi connectivity index (χ1v) is 7.68. The van der Waals surface area contributed by atoms with Gasteiger partial charge in [-0.3, -0.25) is 4.90 Å². The molecule has 0 radical (unpaired) electrons. The molecule has 1 aliphatic rings. The van der Waals surface area contributed by atoms with Gasteiger partial charge in [-0.1, -0.05) is 25.4 Å². The number of pyridine rings is 1. The number of halogens is 1. The second-order valence-corrected chi connectivity index (χ2v) is 5.94. The van der Waals surface area contributed by atoms with Crippen LogP contribution in [0.2, 0.25) is 5.02 Å². The summed E-state index contributed by atoms with van der Waals surface area (Å²) in [5.74, 6) is 1.72. The molecule has 0 aliphatic carbocycles. The number of aromatic nitrogens is 1. The van der Waals surface area contributed by atoms with Gasteiger partial charge in [0.25, 0.3) is 0 Å². The first-order valence-electron chi connectivity index (χ1n) is 7.30. The number of likely N-dealkylation sites (tertiary alicyclic amines) is 1. The van der Waals surface area contributed by atoms with Crippen LogP contribution in [0, 0.1) is 5.92 Å². The molecule has 0 spiro atoms. The molecule has 2 heterocycles. The molecule has 1 saturated heterocycles. The fourth-order valence-electron chi connectivity index (χ4n) is 2.59. The molecule has 4 heteroatoms. The molecule has 0 saturated carbocycles. The number of anilines is 1. The highest BCUT2D eigenvalue weighted by Crippen LogP contribution is 2.22. The van der Waals surface area contributed by atoms with Crippen LogP contribution in [0.5, 0.6) is 0 Å². The third-order valence-corrected chi connectivity index (χ3v) is 3.93. The van der Waals surface area contributed by atoms with E-state index in [2.05, 4.69) is 29.0 Å². The number of piperidine rings is 1. The summed E-state index contributed by atoms with van der Waals surface area (Å²) < 4.78 is 0. The predicted molar refractivity (Wildman–Crippen MR) is 81.7 cm³/mol. The molecule has 1 aliphatic heterocycles. The molecule has 1 N–H and O–H groups in total. The van der Waals surface area contributed by atoms with Crippen molar-refractivity contribution < 1.29 is 0 Å². The highest BCUT2D eigenvalue weighted by molar-refractivity contribution is 6.31. The van der Waals surface area contributed by atoms with Crippen LogP contribution >= 0.6 is 11.6 Å². The molecule has 0 bridgehead atoms. The molecule has 106 valence electrons. The van der Waals surface area contributed by atoms with Crippen LogP contribution in [0.25, 0.3) is 0 Å². The van der Waals surface area contributed by atoms with Crippen LogP contribution in [-0.4, -0.2) is 29.5 Å². The molecule has 1 atom stereocenters. The zero-order valence-corrected chi connectivity index (χ0v) is 12.7. The fraction of sp³-hybridized carbons (Fsp3) is 0.667. The highest BCUT2D eigenvalue weighted by Gasteiger charge is 2.18. The van der Waals surface area contributed by atoms with Crippen molar-refractivity contribution in [1.29, 1.82) is 0 Å². The Morgan fingerprint density at radius 3 is 3.05 bits per heavy atom. The Morgan fingerprint density at radius 1 is 1.47 bits per heavy atom. The fourth-order valence-corrected chi connectivity index (χ4v) is 2.75. The van der Waals surface area contributed by atoms with Crippen molar-refractivity contribution in [1.82, 2.24) is 9.88 Å². The van der Waals surface area contributed by atoms with Crippen LogP contribution in [-0.2, 0) is 6.54 Å². The number of hydrogen-bond acceptors (Lipinski definition) is 3. The summed E-state index contributed by atoms with van der Waals surface area (Å²) in [4.78, 5) is 7.11. The summed E-state index contributed by atoms with van der Waals surface area (Å²) >= 11 is 6.27. The zero-order valence-electron chi connectivity index (χ0n) is 12.0. The van der Waals surface area contributed by atoms with Gasteiger partial charge in [0.1, 0.15) is 5.82 Å². The van der Waals surface area contributed by atoms with Gasteiger partial charge in [0.15, 0.2) is 0 Å². The van der Waals surface area contributed by atoms with E-state index in [1.54, 1.807) is 0 Å². The van der Waals surface area contributed by atoms with E-state index in [9.17, 15) is 0 Å². The largest absolute Gasteiger partial charge is 0.370 e. The maximum atomic E-state index is 6.27. The number of nitrogens with zero attached hydrogens (tertiary/aromatic N) is 2. The van der Waals surface area contributed by atoms with E-state index in [-0.39, 0.29) is 0 Å². The van der Waals surface area contributed by atoms with Gasteiger partial charge in [0.2, 0.25) is 0 Å². The van der Waals surface area contributed by atoms with Crippen molar-refractivity contribution in [3.63, 3.8) is 0 Å². The van der Waals surface area contributed by atoms with Crippen LogP contribution < -0.4 is 5.32 Å². The standard InChI is InChI=1S/C15H24ClN3/c1-3-8-17-15-7-6-13(16)14(18-15)11-19-9-4-5-12(2)10-19/h6-7,12H,3-5,8-11H2,1-2H3,(H,17,18). The maximum absolute atomic E-state index is 6.27. The molecule has 1 aromatic heterocycles. The molecule has 3 nitrogen and oxygen atoms in total. The predicted octanol–water partition coefficient (Wildman–Crippen LogP) is 3.79. The lowest BCUT2D eigenvalue weighted by molar-refractivity contribution is 0.175. The van der Waals surface area contributed by atoms with Crippen molar-refractivity contribution in [2.75, 3.05) is 25.0 Å². The van der Waals surface area contributed by atoms with Gasteiger partial charge < -0.3 is 5.32 Å². The van der Waals surface area contributed by atoms with Crippen LogP contribution in [0.1, 0.15) is 38.8 Å². The number of hydrogen-bond donors (Lipinski definition) is 1. The van der Waals surface area contributed by atoms with Gasteiger partial charge in [-0.2, -0.15) is 0 Å². The first kappa shape index (κ1) is 14.6. The van der Waals surface area contributed by atoms with Crippen molar-refractivity contribution in [3.8, 4) is 0 Å². The lowest BCUT2D eigenvalue weighted by Crippen LogP contribution is -2.34. The van der Waals surface area contributed by atoms with E-state index in [0.29, 0.717) is 0 Å². The summed E-state index contributed by atoms with van der Waals surface area (Å²) in [5.41, 5.74) is 0.997. The molecule has 0 aromatic carbocycles. The molecule has 0 amide bonds. The van der Waals surface area contributed by atoms with Gasteiger partial charge in [-0.15, -0.1) is 0 Å². The Morgan fingerprint density at radius 2 is 2.32 bits per heavy atom. The van der Waals surface area contributed by atoms with Crippen LogP contribution in [0.3, 0.4) is 0 Å². The lowest BCUT2D eigenvalue weighted by Gasteiger charge is -2.30. The van der Waals surface area contributed by atoms with Gasteiger partial charge >= 0.3 is 0 Å². The highest BCUT2D eigenvalue weighted by atomic mass is 35.5. The molecule has 1 fully saturated rings. The Kier molecular flexibility index (Phi) is 5.46. The topological polar surface area (TPSA) is 28.2 Å². The molecule has 1 aromatic rings. The monoisotopic (exact) mass is 281 g/mol. The van der Waals surface area contributed by atoms with Crippen molar-refractivity contribution in [3.05, 3.63) is 22.8 Å². The molecular formula is C15H24ClN3. The molecular weight excluding hydrogens is 258 g/mol. The van der Waals surface area contributed by atoms with E-state index in [4.69, 9.17) is 11.6 Å². The van der Waals surface area contributed by atoms with E-state index < -0.39 is 0 Å². The van der Waals surface area contributed by atoms with Crippen LogP contribution in [0.15, 0.2) is 12.1 Å². The van der Waals surface area contributed by atoms with Gasteiger partial charge in [-0.25, -0.2) is 4.98 Å². The summed E-state index contributed by atoms with van der Waals surface area (Å²) in [7, 11) is 0. The maximum Gasteiger partial charge on any atom is 0.126 e. The molecule has 19 heavy (non-hydrogen) atoms. The number of nitrogens with one attached hydrogen (secondary N) is 1. The summed E-state index contributed by atoms with van der Waals surface area (Å²) in [6.45, 7) is 8.61. The van der Waals surface area contributed by atoms with Crippen molar-refractivity contribution >= 4 is 17.4 Å². The summed E-state index contributed by atoms with van der Waals surface area (Å²) in [6.07, 6.45) is 3.73. The Labute approximate surface area is 121 Å². The molecule has 1 unspecified atom stereocenters. The summed E-state index contributed by atoms with van der Waals surface area (Å²) in [6, 6.07) is 3.91. The Hall–Kier alpha value is -0.800. The Bertz CT molecular complexity index is 408. The normalized spacial score (nSPS) is 20.5. The first-order chi connectivity index (χ1) is 9.19. The minimum Gasteiger partial charge on any atom is -0.370 e. The van der Waals surface area contributed by atoms with Crippen molar-refractivity contribution in [2.24, 2.45) is 5.92 Å². The van der Waals surface area contributed by atoms with E-state index in [0.717, 1.165) is 55.1 Å². The van der Waals surface area contributed by atoms with Crippen LogP contribution in [0.4, 0.5) is 5.82 Å². The average molecular weight is 282 g/mol. The number of rotatable bonds is 5. The van der Waals surface area contributed by atoms with E-state index in [1.807, 2.05) is 12.1 Å². The van der Waals surface area contributed by atoms with Gasteiger partial charge in [-0.05, 0) is 43.9 Å². The van der Waals surface area contributed by atoms with Gasteiger partial charge in [0.05, 0.1) is 10.7 Å². The second kappa shape index (κ2) is 7.11. The SMILES string of the molecule is CCCNc1ccc(Cl)c(CN2CCCC(C)C2)n1. The molecule has 2 rings (SSSR count). The Balaban J connectivity index is 2.01. The zero-order chi connectivity index (χ0) is 13.7. The third-order valence-electron chi connectivity index (χ3n) is 3.59. The van der Waals surface area contributed by atoms with Crippen molar-refractivity contribution in [2.45, 2.75) is 39.7 Å².